The molecule has 3 aromatic rings. The Balaban J connectivity index is 1.93. The van der Waals surface area contributed by atoms with Gasteiger partial charge >= 0.3 is 15.5 Å². The van der Waals surface area contributed by atoms with E-state index in [2.05, 4.69) is 23.8 Å². The molecule has 32 heavy (non-hydrogen) atoms. The molecule has 0 spiro atoms. The van der Waals surface area contributed by atoms with Gasteiger partial charge in [0, 0.05) is 28.4 Å². The molecular formula is C22H24F3N3O2S2. The van der Waals surface area contributed by atoms with Gasteiger partial charge in [-0.2, -0.15) is 21.6 Å². The Morgan fingerprint density at radius 3 is 2.41 bits per heavy atom. The number of pyridine rings is 1. The lowest BCUT2D eigenvalue weighted by molar-refractivity contribution is -0.0429. The van der Waals surface area contributed by atoms with E-state index in [0.717, 1.165) is 22.7 Å². The van der Waals surface area contributed by atoms with Gasteiger partial charge in [0.25, 0.3) is 0 Å². The monoisotopic (exact) mass is 483 g/mol. The third-order valence-electron chi connectivity index (χ3n) is 4.70. The first-order valence-electron chi connectivity index (χ1n) is 10.0. The molecule has 0 aliphatic carbocycles. The van der Waals surface area contributed by atoms with E-state index in [1.54, 1.807) is 36.9 Å². The predicted molar refractivity (Wildman–Crippen MR) is 122 cm³/mol. The van der Waals surface area contributed by atoms with Crippen LogP contribution in [-0.2, 0) is 16.4 Å². The lowest BCUT2D eigenvalue weighted by Crippen LogP contribution is -2.30. The van der Waals surface area contributed by atoms with E-state index in [1.165, 1.54) is 17.4 Å². The van der Waals surface area contributed by atoms with Crippen LogP contribution in [0.15, 0.2) is 41.9 Å². The molecule has 0 fully saturated rings. The number of anilines is 1. The van der Waals surface area contributed by atoms with Crippen molar-refractivity contribution >= 4 is 27.0 Å². The lowest BCUT2D eigenvalue weighted by Gasteiger charge is -2.17. The van der Waals surface area contributed by atoms with Crippen molar-refractivity contribution in [3.63, 3.8) is 0 Å². The Morgan fingerprint density at radius 1 is 1.06 bits per heavy atom. The van der Waals surface area contributed by atoms with Gasteiger partial charge < -0.3 is 0 Å². The fourth-order valence-electron chi connectivity index (χ4n) is 3.18. The first kappa shape index (κ1) is 24.2. The van der Waals surface area contributed by atoms with Gasteiger partial charge in [0.2, 0.25) is 0 Å². The smallest absolute Gasteiger partial charge is 0.276 e. The molecule has 0 radical (unpaired) electrons. The van der Waals surface area contributed by atoms with Gasteiger partial charge in [-0.1, -0.05) is 33.8 Å². The highest BCUT2D eigenvalue weighted by molar-refractivity contribution is 7.93. The molecule has 0 aliphatic heterocycles. The van der Waals surface area contributed by atoms with E-state index in [9.17, 15) is 21.6 Å². The summed E-state index contributed by atoms with van der Waals surface area (Å²) < 4.78 is 63.2. The number of halogens is 3. The Bertz CT molecular complexity index is 1200. The quantitative estimate of drug-likeness (QED) is 0.419. The number of rotatable bonds is 7. The van der Waals surface area contributed by atoms with Crippen molar-refractivity contribution in [3.05, 3.63) is 53.2 Å². The molecule has 5 nitrogen and oxygen atoms in total. The molecule has 0 amide bonds. The van der Waals surface area contributed by atoms with Crippen molar-refractivity contribution in [1.29, 1.82) is 0 Å². The molecular weight excluding hydrogens is 459 g/mol. The summed E-state index contributed by atoms with van der Waals surface area (Å²) in [6.07, 6.45) is 2.62. The third-order valence-corrected chi connectivity index (χ3v) is 6.69. The maximum atomic E-state index is 12.8. The van der Waals surface area contributed by atoms with E-state index in [4.69, 9.17) is 0 Å². The zero-order valence-corrected chi connectivity index (χ0v) is 19.7. The molecule has 2 heterocycles. The molecule has 0 atom stereocenters. The number of nitrogens with zero attached hydrogens (tertiary/aromatic N) is 2. The summed E-state index contributed by atoms with van der Waals surface area (Å²) >= 11 is 1.46. The van der Waals surface area contributed by atoms with Crippen molar-refractivity contribution < 1.29 is 21.6 Å². The molecule has 0 bridgehead atoms. The molecule has 3 rings (SSSR count). The summed E-state index contributed by atoms with van der Waals surface area (Å²) in [5.74, 6) is 0.269. The number of hydrogen-bond donors (Lipinski definition) is 1. The minimum atomic E-state index is -5.50. The maximum Gasteiger partial charge on any atom is 0.516 e. The highest BCUT2D eigenvalue weighted by Gasteiger charge is 2.46. The number of nitrogens with one attached hydrogen (secondary N) is 1. The Morgan fingerprint density at radius 2 is 1.78 bits per heavy atom. The van der Waals surface area contributed by atoms with Crippen molar-refractivity contribution in [3.8, 4) is 21.8 Å². The molecule has 2 aromatic heterocycles. The van der Waals surface area contributed by atoms with Gasteiger partial charge in [0.15, 0.2) is 0 Å². The standard InChI is InChI=1S/C22H24F3N3O2S2/c1-13(2)9-17-10-16(7-8-26-17)21-27-20(12-31-21)15-5-6-19(18(11-15)14(3)4)28-32(29,30)22(23,24)25/h5-8,10-14,28H,9H2,1-4H3. The van der Waals surface area contributed by atoms with E-state index in [0.29, 0.717) is 22.7 Å². The summed E-state index contributed by atoms with van der Waals surface area (Å²) in [4.78, 5) is 9.08. The molecule has 10 heteroatoms. The lowest BCUT2D eigenvalue weighted by atomic mass is 9.98. The Hall–Kier alpha value is -2.46. The molecule has 1 N–H and O–H groups in total. The van der Waals surface area contributed by atoms with Crippen LogP contribution in [0.4, 0.5) is 18.9 Å². The topological polar surface area (TPSA) is 72.0 Å². The Labute approximate surface area is 189 Å². The number of sulfonamides is 1. The molecule has 1 aromatic carbocycles. The number of thiazole rings is 1. The number of aromatic nitrogens is 2. The SMILES string of the molecule is CC(C)Cc1cc(-c2nc(-c3ccc(NS(=O)(=O)C(F)(F)F)c(C(C)C)c3)cs2)ccn1. The summed E-state index contributed by atoms with van der Waals surface area (Å²) in [6.45, 7) is 7.82. The normalized spacial score (nSPS) is 12.5. The summed E-state index contributed by atoms with van der Waals surface area (Å²) in [6, 6.07) is 8.49. The van der Waals surface area contributed by atoms with Crippen molar-refractivity contribution in [1.82, 2.24) is 9.97 Å². The molecule has 172 valence electrons. The van der Waals surface area contributed by atoms with Gasteiger partial charge in [0.05, 0.1) is 11.4 Å². The summed E-state index contributed by atoms with van der Waals surface area (Å²) in [5, 5.41) is 2.68. The van der Waals surface area contributed by atoms with Crippen molar-refractivity contribution in [2.45, 2.75) is 45.5 Å². The third kappa shape index (κ3) is 5.47. The second-order valence-corrected chi connectivity index (χ2v) is 10.7. The van der Waals surface area contributed by atoms with Crippen LogP contribution < -0.4 is 4.72 Å². The van der Waals surface area contributed by atoms with Gasteiger partial charge in [-0.05, 0) is 48.1 Å². The van der Waals surface area contributed by atoms with Crippen LogP contribution in [-0.4, -0.2) is 23.9 Å². The van der Waals surface area contributed by atoms with Gasteiger partial charge in [-0.25, -0.2) is 4.98 Å². The van der Waals surface area contributed by atoms with Crippen LogP contribution in [0.3, 0.4) is 0 Å². The average Bonchev–Trinajstić information content (AvgIpc) is 3.17. The van der Waals surface area contributed by atoms with Crippen LogP contribution >= 0.6 is 11.3 Å². The van der Waals surface area contributed by atoms with E-state index in [-0.39, 0.29) is 11.6 Å². The fraction of sp³-hybridized carbons (Fsp3) is 0.364. The molecule has 0 saturated carbocycles. The summed E-state index contributed by atoms with van der Waals surface area (Å²) in [5.41, 5.74) is -1.73. The van der Waals surface area contributed by atoms with E-state index < -0.39 is 15.5 Å². The van der Waals surface area contributed by atoms with Crippen LogP contribution in [0, 0.1) is 5.92 Å². The first-order valence-corrected chi connectivity index (χ1v) is 12.4. The largest absolute Gasteiger partial charge is 0.516 e. The average molecular weight is 484 g/mol. The number of benzene rings is 1. The highest BCUT2D eigenvalue weighted by atomic mass is 32.2. The van der Waals surface area contributed by atoms with Crippen LogP contribution in [0.2, 0.25) is 0 Å². The zero-order chi connectivity index (χ0) is 23.7. The highest BCUT2D eigenvalue weighted by Crippen LogP contribution is 2.35. The van der Waals surface area contributed by atoms with Crippen LogP contribution in [0.5, 0.6) is 0 Å². The predicted octanol–water partition coefficient (Wildman–Crippen LogP) is 6.46. The number of hydrogen-bond acceptors (Lipinski definition) is 5. The maximum absolute atomic E-state index is 12.8. The fourth-order valence-corrected chi connectivity index (χ4v) is 4.59. The van der Waals surface area contributed by atoms with Gasteiger partial charge in [0.1, 0.15) is 5.01 Å². The van der Waals surface area contributed by atoms with Crippen LogP contribution in [0.1, 0.15) is 44.9 Å². The number of alkyl halides is 3. The second-order valence-electron chi connectivity index (χ2n) is 8.18. The molecule has 0 aliphatic rings. The van der Waals surface area contributed by atoms with E-state index >= 15 is 0 Å². The first-order chi connectivity index (χ1) is 14.9. The minimum absolute atomic E-state index is 0.0935. The van der Waals surface area contributed by atoms with Crippen LogP contribution in [0.25, 0.3) is 21.8 Å². The van der Waals surface area contributed by atoms with E-state index in [1.807, 2.05) is 17.5 Å². The van der Waals surface area contributed by atoms with Crippen molar-refractivity contribution in [2.24, 2.45) is 5.92 Å². The molecule has 0 unspecified atom stereocenters. The Kier molecular flexibility index (Phi) is 6.94. The minimum Gasteiger partial charge on any atom is -0.276 e. The van der Waals surface area contributed by atoms with Crippen molar-refractivity contribution in [2.75, 3.05) is 4.72 Å². The van der Waals surface area contributed by atoms with Gasteiger partial charge in [-0.3, -0.25) is 9.71 Å². The molecule has 0 saturated heterocycles. The van der Waals surface area contributed by atoms with Gasteiger partial charge in [-0.15, -0.1) is 11.3 Å². The summed E-state index contributed by atoms with van der Waals surface area (Å²) in [7, 11) is -5.50. The second kappa shape index (κ2) is 9.19. The zero-order valence-electron chi connectivity index (χ0n) is 18.1.